The van der Waals surface area contributed by atoms with Gasteiger partial charge in [-0.15, -0.1) is 0 Å². The molecule has 0 saturated heterocycles. The van der Waals surface area contributed by atoms with E-state index in [-0.39, 0.29) is 17.5 Å². The summed E-state index contributed by atoms with van der Waals surface area (Å²) in [6, 6.07) is 2.55. The van der Waals surface area contributed by atoms with Crippen LogP contribution in [0.15, 0.2) is 23.1 Å². The Morgan fingerprint density at radius 1 is 1.20 bits per heavy atom. The van der Waals surface area contributed by atoms with E-state index >= 15 is 0 Å². The Bertz CT molecular complexity index is 545. The third kappa shape index (κ3) is 4.22. The van der Waals surface area contributed by atoms with Gasteiger partial charge in [0.1, 0.15) is 0 Å². The molecule has 0 fully saturated rings. The van der Waals surface area contributed by atoms with Crippen molar-refractivity contribution in [2.75, 3.05) is 19.6 Å². The van der Waals surface area contributed by atoms with Gasteiger partial charge in [-0.05, 0) is 38.2 Å². The summed E-state index contributed by atoms with van der Waals surface area (Å²) in [4.78, 5) is 1.82. The highest BCUT2D eigenvalue weighted by Gasteiger charge is 2.18. The van der Waals surface area contributed by atoms with E-state index in [2.05, 4.69) is 9.62 Å². The van der Waals surface area contributed by atoms with E-state index < -0.39 is 21.7 Å². The zero-order valence-corrected chi connectivity index (χ0v) is 12.7. The van der Waals surface area contributed by atoms with Crippen molar-refractivity contribution in [1.82, 2.24) is 9.62 Å². The highest BCUT2D eigenvalue weighted by atomic mass is 32.2. The molecule has 0 spiro atoms. The Morgan fingerprint density at radius 2 is 1.80 bits per heavy atom. The molecule has 0 radical (unpaired) electrons. The number of halogens is 2. The molecule has 0 bridgehead atoms. The average Bonchev–Trinajstić information content (AvgIpc) is 2.41. The van der Waals surface area contributed by atoms with Gasteiger partial charge < -0.3 is 0 Å². The van der Waals surface area contributed by atoms with Gasteiger partial charge >= 0.3 is 0 Å². The van der Waals surface area contributed by atoms with Crippen LogP contribution in [0.4, 0.5) is 8.78 Å². The molecule has 0 amide bonds. The van der Waals surface area contributed by atoms with Crippen molar-refractivity contribution >= 4 is 10.0 Å². The van der Waals surface area contributed by atoms with Crippen molar-refractivity contribution in [2.24, 2.45) is 0 Å². The second-order valence-electron chi connectivity index (χ2n) is 4.50. The quantitative estimate of drug-likeness (QED) is 0.838. The zero-order valence-electron chi connectivity index (χ0n) is 11.9. The van der Waals surface area contributed by atoms with Crippen LogP contribution in [0.2, 0.25) is 0 Å². The van der Waals surface area contributed by atoms with Gasteiger partial charge in [-0.2, -0.15) is 0 Å². The average molecular weight is 306 g/mol. The lowest BCUT2D eigenvalue weighted by Gasteiger charge is -2.26. The summed E-state index contributed by atoms with van der Waals surface area (Å²) < 4.78 is 52.2. The maximum Gasteiger partial charge on any atom is 0.240 e. The molecule has 0 aliphatic heterocycles. The number of hydrogen-bond donors (Lipinski definition) is 1. The molecular formula is C13H20F2N2O2S. The minimum absolute atomic E-state index is 0.0186. The molecule has 0 heterocycles. The molecule has 114 valence electrons. The Morgan fingerprint density at radius 3 is 2.30 bits per heavy atom. The topological polar surface area (TPSA) is 49.4 Å². The first-order valence-corrected chi connectivity index (χ1v) is 7.98. The highest BCUT2D eigenvalue weighted by molar-refractivity contribution is 7.89. The van der Waals surface area contributed by atoms with E-state index in [0.717, 1.165) is 25.2 Å². The van der Waals surface area contributed by atoms with Gasteiger partial charge in [0.15, 0.2) is 11.6 Å². The van der Waals surface area contributed by atoms with Crippen LogP contribution in [0.1, 0.15) is 20.8 Å². The molecule has 1 N–H and O–H groups in total. The van der Waals surface area contributed by atoms with Crippen molar-refractivity contribution in [1.29, 1.82) is 0 Å². The van der Waals surface area contributed by atoms with Crippen LogP contribution in [-0.4, -0.2) is 39.0 Å². The lowest BCUT2D eigenvalue weighted by molar-refractivity contribution is 0.232. The summed E-state index contributed by atoms with van der Waals surface area (Å²) in [5.41, 5.74) is 0. The maximum absolute atomic E-state index is 13.1. The monoisotopic (exact) mass is 306 g/mol. The Hall–Kier alpha value is -1.05. The van der Waals surface area contributed by atoms with Crippen LogP contribution < -0.4 is 4.72 Å². The first kappa shape index (κ1) is 17.0. The SMILES string of the molecule is CCN(CC)C(C)CNS(=O)(=O)c1ccc(F)c(F)c1. The van der Waals surface area contributed by atoms with E-state index in [1.165, 1.54) is 0 Å². The first-order valence-electron chi connectivity index (χ1n) is 6.50. The molecule has 4 nitrogen and oxygen atoms in total. The van der Waals surface area contributed by atoms with E-state index in [1.807, 2.05) is 20.8 Å². The number of likely N-dealkylation sites (N-methyl/N-ethyl adjacent to an activating group) is 1. The fourth-order valence-electron chi connectivity index (χ4n) is 1.93. The largest absolute Gasteiger partial charge is 0.300 e. The lowest BCUT2D eigenvalue weighted by atomic mass is 10.3. The Balaban J connectivity index is 2.77. The molecule has 1 aromatic carbocycles. The van der Waals surface area contributed by atoms with Crippen LogP contribution in [0.25, 0.3) is 0 Å². The summed E-state index contributed by atoms with van der Waals surface area (Å²) in [5, 5.41) is 0. The fourth-order valence-corrected chi connectivity index (χ4v) is 3.07. The molecule has 0 aliphatic carbocycles. The number of nitrogens with one attached hydrogen (secondary N) is 1. The highest BCUT2D eigenvalue weighted by Crippen LogP contribution is 2.13. The van der Waals surface area contributed by atoms with Gasteiger partial charge in [0, 0.05) is 12.6 Å². The fraction of sp³-hybridized carbons (Fsp3) is 0.538. The number of benzene rings is 1. The molecule has 1 unspecified atom stereocenters. The van der Waals surface area contributed by atoms with Crippen molar-refractivity contribution in [3.63, 3.8) is 0 Å². The van der Waals surface area contributed by atoms with Crippen molar-refractivity contribution in [2.45, 2.75) is 31.7 Å². The van der Waals surface area contributed by atoms with Crippen molar-refractivity contribution in [3.05, 3.63) is 29.8 Å². The molecule has 0 aromatic heterocycles. The lowest BCUT2D eigenvalue weighted by Crippen LogP contribution is -2.41. The Labute approximate surface area is 118 Å². The van der Waals surface area contributed by atoms with E-state index in [0.29, 0.717) is 6.07 Å². The third-order valence-electron chi connectivity index (χ3n) is 3.21. The molecule has 7 heteroatoms. The number of sulfonamides is 1. The van der Waals surface area contributed by atoms with Gasteiger partial charge in [-0.25, -0.2) is 21.9 Å². The molecule has 1 atom stereocenters. The van der Waals surface area contributed by atoms with Crippen molar-refractivity contribution < 1.29 is 17.2 Å². The second kappa shape index (κ2) is 7.10. The third-order valence-corrected chi connectivity index (χ3v) is 4.63. The second-order valence-corrected chi connectivity index (χ2v) is 6.26. The normalized spacial score (nSPS) is 13.7. The summed E-state index contributed by atoms with van der Waals surface area (Å²) in [5.74, 6) is -2.25. The van der Waals surface area contributed by atoms with Crippen LogP contribution in [-0.2, 0) is 10.0 Å². The van der Waals surface area contributed by atoms with Gasteiger partial charge in [-0.3, -0.25) is 4.90 Å². The van der Waals surface area contributed by atoms with Crippen LogP contribution >= 0.6 is 0 Å². The van der Waals surface area contributed by atoms with E-state index in [4.69, 9.17) is 0 Å². The predicted octanol–water partition coefficient (Wildman–Crippen LogP) is 1.97. The molecular weight excluding hydrogens is 286 g/mol. The minimum Gasteiger partial charge on any atom is -0.300 e. The van der Waals surface area contributed by atoms with Crippen LogP contribution in [0.5, 0.6) is 0 Å². The van der Waals surface area contributed by atoms with Gasteiger partial charge in [0.25, 0.3) is 0 Å². The molecule has 0 aliphatic rings. The van der Waals surface area contributed by atoms with Gasteiger partial charge in [0.2, 0.25) is 10.0 Å². The minimum atomic E-state index is -3.83. The summed E-state index contributed by atoms with van der Waals surface area (Å²) in [6.45, 7) is 7.71. The molecule has 1 rings (SSSR count). The predicted molar refractivity (Wildman–Crippen MR) is 73.9 cm³/mol. The standard InChI is InChI=1S/C13H20F2N2O2S/c1-4-17(5-2)10(3)9-16-20(18,19)11-6-7-12(14)13(15)8-11/h6-8,10,16H,4-5,9H2,1-3H3. The van der Waals surface area contributed by atoms with Gasteiger partial charge in [0.05, 0.1) is 4.90 Å². The van der Waals surface area contributed by atoms with Gasteiger partial charge in [-0.1, -0.05) is 13.8 Å². The molecule has 1 aromatic rings. The van der Waals surface area contributed by atoms with E-state index in [9.17, 15) is 17.2 Å². The first-order chi connectivity index (χ1) is 9.31. The number of rotatable bonds is 7. The zero-order chi connectivity index (χ0) is 15.3. The maximum atomic E-state index is 13.1. The summed E-state index contributed by atoms with van der Waals surface area (Å²) in [7, 11) is -3.83. The Kier molecular flexibility index (Phi) is 6.04. The molecule has 0 saturated carbocycles. The smallest absolute Gasteiger partial charge is 0.240 e. The van der Waals surface area contributed by atoms with Crippen LogP contribution in [0, 0.1) is 11.6 Å². The number of hydrogen-bond acceptors (Lipinski definition) is 3. The van der Waals surface area contributed by atoms with E-state index in [1.54, 1.807) is 0 Å². The summed E-state index contributed by atoms with van der Waals surface area (Å²) >= 11 is 0. The van der Waals surface area contributed by atoms with Crippen molar-refractivity contribution in [3.8, 4) is 0 Å². The summed E-state index contributed by atoms with van der Waals surface area (Å²) in [6.07, 6.45) is 0. The van der Waals surface area contributed by atoms with Crippen LogP contribution in [0.3, 0.4) is 0 Å². The molecule has 20 heavy (non-hydrogen) atoms. The number of nitrogens with zero attached hydrogens (tertiary/aromatic N) is 1.